The van der Waals surface area contributed by atoms with Crippen LogP contribution in [0.4, 0.5) is 4.39 Å². The maximum atomic E-state index is 14.1. The third-order valence-electron chi connectivity index (χ3n) is 4.50. The number of ether oxygens (including phenoxy) is 1. The number of halogens is 1. The smallest absolute Gasteiger partial charge is 0.307 e. The van der Waals surface area contributed by atoms with E-state index in [4.69, 9.17) is 14.3 Å². The molecule has 0 unspecified atom stereocenters. The van der Waals surface area contributed by atoms with Gasteiger partial charge >= 0.3 is 5.97 Å². The van der Waals surface area contributed by atoms with E-state index in [9.17, 15) is 14.3 Å². The Bertz CT molecular complexity index is 975. The number of phenols is 1. The van der Waals surface area contributed by atoms with E-state index in [-0.39, 0.29) is 12.2 Å². The lowest BCUT2D eigenvalue weighted by Crippen LogP contribution is -2.05. The highest BCUT2D eigenvalue weighted by Crippen LogP contribution is 2.41. The molecular weight excluding hydrogens is 327 g/mol. The molecule has 3 aromatic rings. The molecule has 0 saturated carbocycles. The zero-order chi connectivity index (χ0) is 17.6. The summed E-state index contributed by atoms with van der Waals surface area (Å²) in [5.74, 6) is -0.731. The molecule has 1 atom stereocenters. The van der Waals surface area contributed by atoms with E-state index in [0.717, 1.165) is 0 Å². The first-order valence-corrected chi connectivity index (χ1v) is 7.91. The number of carbonyl (C=O) groups is 1. The lowest BCUT2D eigenvalue weighted by molar-refractivity contribution is -0.136. The van der Waals surface area contributed by atoms with Crippen molar-refractivity contribution in [2.45, 2.75) is 25.4 Å². The largest absolute Gasteiger partial charge is 0.508 e. The number of rotatable bonds is 4. The summed E-state index contributed by atoms with van der Waals surface area (Å²) in [6.45, 7) is 0. The fourth-order valence-corrected chi connectivity index (χ4v) is 3.37. The van der Waals surface area contributed by atoms with Crippen LogP contribution in [-0.4, -0.2) is 16.2 Å². The average Bonchev–Trinajstić information content (AvgIpc) is 3.16. The van der Waals surface area contributed by atoms with Crippen molar-refractivity contribution in [3.05, 3.63) is 59.1 Å². The Morgan fingerprint density at radius 1 is 1.32 bits per heavy atom. The second-order valence-corrected chi connectivity index (χ2v) is 6.09. The highest BCUT2D eigenvalue weighted by molar-refractivity contribution is 5.86. The molecule has 1 aromatic heterocycles. The molecule has 0 bridgehead atoms. The van der Waals surface area contributed by atoms with Crippen molar-refractivity contribution < 1.29 is 28.6 Å². The molecule has 2 aromatic carbocycles. The van der Waals surface area contributed by atoms with Crippen LogP contribution in [0, 0.1) is 5.82 Å². The van der Waals surface area contributed by atoms with Gasteiger partial charge in [0.25, 0.3) is 0 Å². The molecule has 0 fully saturated rings. The van der Waals surface area contributed by atoms with Gasteiger partial charge in [-0.05, 0) is 37.1 Å². The van der Waals surface area contributed by atoms with Crippen molar-refractivity contribution in [1.82, 2.24) is 0 Å². The van der Waals surface area contributed by atoms with Crippen LogP contribution in [0.25, 0.3) is 11.0 Å². The molecule has 25 heavy (non-hydrogen) atoms. The first kappa shape index (κ1) is 15.5. The lowest BCUT2D eigenvalue weighted by atomic mass is 10.1. The molecule has 4 rings (SSSR count). The molecule has 0 saturated heterocycles. The molecule has 1 aliphatic carbocycles. The summed E-state index contributed by atoms with van der Waals surface area (Å²) in [6.07, 6.45) is 1.95. The number of furan rings is 1. The minimum absolute atomic E-state index is 0.0855. The zero-order valence-corrected chi connectivity index (χ0v) is 13.2. The zero-order valence-electron chi connectivity index (χ0n) is 13.2. The number of aliphatic carboxylic acids is 1. The molecule has 1 aliphatic rings. The summed E-state index contributed by atoms with van der Waals surface area (Å²) in [7, 11) is 0. The first-order valence-electron chi connectivity index (χ1n) is 7.91. The van der Waals surface area contributed by atoms with Gasteiger partial charge in [-0.1, -0.05) is 0 Å². The van der Waals surface area contributed by atoms with Crippen LogP contribution in [0.2, 0.25) is 0 Å². The molecule has 0 aliphatic heterocycles. The average molecular weight is 342 g/mol. The molecular formula is C19H15FO5. The molecule has 0 amide bonds. The first-order chi connectivity index (χ1) is 12.0. The number of hydrogen-bond acceptors (Lipinski definition) is 4. The summed E-state index contributed by atoms with van der Waals surface area (Å²) in [5.41, 5.74) is 2.10. The second-order valence-electron chi connectivity index (χ2n) is 6.09. The van der Waals surface area contributed by atoms with Crippen LogP contribution in [0.5, 0.6) is 11.5 Å². The number of fused-ring (bicyclic) bond motifs is 2. The number of hydrogen-bond donors (Lipinski definition) is 2. The molecule has 128 valence electrons. The highest BCUT2D eigenvalue weighted by Gasteiger charge is 2.30. The van der Waals surface area contributed by atoms with E-state index < -0.39 is 17.9 Å². The molecule has 0 spiro atoms. The van der Waals surface area contributed by atoms with Crippen molar-refractivity contribution >= 4 is 16.9 Å². The number of carboxylic acids is 1. The van der Waals surface area contributed by atoms with E-state index >= 15 is 0 Å². The van der Waals surface area contributed by atoms with Crippen molar-refractivity contribution in [3.8, 4) is 11.5 Å². The van der Waals surface area contributed by atoms with E-state index in [1.165, 1.54) is 18.4 Å². The Hall–Kier alpha value is -3.02. The van der Waals surface area contributed by atoms with Gasteiger partial charge in [-0.25, -0.2) is 4.39 Å². The van der Waals surface area contributed by atoms with Gasteiger partial charge in [-0.2, -0.15) is 0 Å². The number of aromatic hydroxyl groups is 1. The highest BCUT2D eigenvalue weighted by atomic mass is 19.1. The Kier molecular flexibility index (Phi) is 3.60. The Labute approximate surface area is 142 Å². The Morgan fingerprint density at radius 2 is 2.16 bits per heavy atom. The third kappa shape index (κ3) is 2.69. The van der Waals surface area contributed by atoms with E-state index in [0.29, 0.717) is 46.3 Å². The summed E-state index contributed by atoms with van der Waals surface area (Å²) < 4.78 is 25.5. The molecule has 1 heterocycles. The maximum absolute atomic E-state index is 14.1. The van der Waals surface area contributed by atoms with Crippen LogP contribution in [0.1, 0.15) is 29.2 Å². The third-order valence-corrected chi connectivity index (χ3v) is 4.50. The van der Waals surface area contributed by atoms with Gasteiger partial charge in [0, 0.05) is 28.1 Å². The minimum atomic E-state index is -0.930. The Morgan fingerprint density at radius 3 is 2.96 bits per heavy atom. The van der Waals surface area contributed by atoms with Crippen LogP contribution >= 0.6 is 0 Å². The van der Waals surface area contributed by atoms with Crippen LogP contribution in [0.15, 0.2) is 41.0 Å². The summed E-state index contributed by atoms with van der Waals surface area (Å²) in [5, 5.41) is 19.5. The fraction of sp³-hybridized carbons (Fsp3) is 0.211. The van der Waals surface area contributed by atoms with Gasteiger partial charge in [0.2, 0.25) is 0 Å². The van der Waals surface area contributed by atoms with Gasteiger partial charge in [0.1, 0.15) is 29.0 Å². The monoisotopic (exact) mass is 342 g/mol. The van der Waals surface area contributed by atoms with E-state index in [1.807, 2.05) is 0 Å². The van der Waals surface area contributed by atoms with E-state index in [1.54, 1.807) is 18.2 Å². The van der Waals surface area contributed by atoms with Gasteiger partial charge in [-0.3, -0.25) is 4.79 Å². The topological polar surface area (TPSA) is 79.9 Å². The summed E-state index contributed by atoms with van der Waals surface area (Å²) in [4.78, 5) is 10.9. The van der Waals surface area contributed by atoms with Gasteiger partial charge in [0.15, 0.2) is 0 Å². The minimum Gasteiger partial charge on any atom is -0.508 e. The normalized spacial score (nSPS) is 16.1. The Balaban J connectivity index is 1.63. The van der Waals surface area contributed by atoms with Gasteiger partial charge in [0.05, 0.1) is 12.7 Å². The summed E-state index contributed by atoms with van der Waals surface area (Å²) >= 11 is 0. The predicted octanol–water partition coefficient (Wildman–Crippen LogP) is 3.97. The predicted molar refractivity (Wildman–Crippen MR) is 87.3 cm³/mol. The second kappa shape index (κ2) is 5.81. The van der Waals surface area contributed by atoms with Crippen molar-refractivity contribution in [2.24, 2.45) is 0 Å². The number of carboxylic acid groups (broad SMARTS) is 1. The molecule has 5 nitrogen and oxygen atoms in total. The van der Waals surface area contributed by atoms with Crippen molar-refractivity contribution in [3.63, 3.8) is 0 Å². The quantitative estimate of drug-likeness (QED) is 0.750. The number of benzene rings is 2. The van der Waals surface area contributed by atoms with Crippen molar-refractivity contribution in [1.29, 1.82) is 0 Å². The van der Waals surface area contributed by atoms with Crippen LogP contribution in [-0.2, 0) is 17.6 Å². The molecule has 0 radical (unpaired) electrons. The standard InChI is InChI=1S/C19H15FO5/c20-14-4-5-15(21)13-3-6-16(19(13)14)25-11-1-2-12-10(7-18(22)23)9-24-17(12)8-11/h1-2,4-5,8-9,16,21H,3,6-7H2,(H,22,23)/t16-/m1/s1. The van der Waals surface area contributed by atoms with Gasteiger partial charge in [-0.15, -0.1) is 0 Å². The summed E-state index contributed by atoms with van der Waals surface area (Å²) in [6, 6.07) is 7.71. The fourth-order valence-electron chi connectivity index (χ4n) is 3.37. The molecule has 6 heteroatoms. The maximum Gasteiger partial charge on any atom is 0.307 e. The molecule has 2 N–H and O–H groups in total. The van der Waals surface area contributed by atoms with E-state index in [2.05, 4.69) is 0 Å². The van der Waals surface area contributed by atoms with Crippen LogP contribution in [0.3, 0.4) is 0 Å². The lowest BCUT2D eigenvalue weighted by Gasteiger charge is -2.15. The SMILES string of the molecule is O=C(O)Cc1coc2cc(O[C@@H]3CCc4c(O)ccc(F)c43)ccc12. The van der Waals surface area contributed by atoms with Crippen molar-refractivity contribution in [2.75, 3.05) is 0 Å². The van der Waals surface area contributed by atoms with Gasteiger partial charge < -0.3 is 19.4 Å². The van der Waals surface area contributed by atoms with Crippen LogP contribution < -0.4 is 4.74 Å². The number of phenolic OH excluding ortho intramolecular Hbond substituents is 1.